The van der Waals surface area contributed by atoms with E-state index in [0.717, 1.165) is 5.39 Å². The number of non-ortho nitro benzene ring substituents is 1. The number of para-hydroxylation sites is 1. The van der Waals surface area contributed by atoms with Crippen LogP contribution in [0.2, 0.25) is 0 Å². The fraction of sp³-hybridized carbons (Fsp3) is 0.167. The van der Waals surface area contributed by atoms with E-state index in [9.17, 15) is 14.9 Å². The summed E-state index contributed by atoms with van der Waals surface area (Å²) in [4.78, 5) is 23.0. The average molecular weight is 324 g/mol. The molecule has 24 heavy (non-hydrogen) atoms. The van der Waals surface area contributed by atoms with E-state index in [-0.39, 0.29) is 17.4 Å². The number of hydrogen-bond donors (Lipinski definition) is 1. The number of fused-ring (bicyclic) bond motifs is 1. The van der Waals surface area contributed by atoms with Crippen LogP contribution in [0.3, 0.4) is 0 Å². The normalized spacial score (nSPS) is 10.8. The van der Waals surface area contributed by atoms with E-state index in [2.05, 4.69) is 5.32 Å². The van der Waals surface area contributed by atoms with E-state index in [1.54, 1.807) is 19.1 Å². The second-order valence-electron chi connectivity index (χ2n) is 5.51. The van der Waals surface area contributed by atoms with Gasteiger partial charge >= 0.3 is 0 Å². The first kappa shape index (κ1) is 15.7. The number of carbonyl (C=O) groups is 1. The van der Waals surface area contributed by atoms with Crippen LogP contribution in [0.1, 0.15) is 28.6 Å². The van der Waals surface area contributed by atoms with Crippen molar-refractivity contribution in [3.05, 3.63) is 69.5 Å². The van der Waals surface area contributed by atoms with Gasteiger partial charge < -0.3 is 9.73 Å². The van der Waals surface area contributed by atoms with Gasteiger partial charge in [0, 0.05) is 23.2 Å². The summed E-state index contributed by atoms with van der Waals surface area (Å²) in [7, 11) is 0. The molecule has 3 aromatic rings. The summed E-state index contributed by atoms with van der Waals surface area (Å²) in [5.74, 6) is -0.172. The van der Waals surface area contributed by atoms with Crippen LogP contribution in [-0.4, -0.2) is 10.8 Å². The van der Waals surface area contributed by atoms with E-state index >= 15 is 0 Å². The third kappa shape index (κ3) is 2.86. The van der Waals surface area contributed by atoms with Crippen LogP contribution in [0.25, 0.3) is 11.0 Å². The quantitative estimate of drug-likeness (QED) is 0.567. The number of benzene rings is 2. The lowest BCUT2D eigenvalue weighted by molar-refractivity contribution is -0.384. The highest BCUT2D eigenvalue weighted by atomic mass is 16.6. The molecule has 3 rings (SSSR count). The van der Waals surface area contributed by atoms with Gasteiger partial charge in [-0.3, -0.25) is 14.9 Å². The predicted octanol–water partition coefficient (Wildman–Crippen LogP) is 4.46. The Balaban J connectivity index is 1.95. The average Bonchev–Trinajstić information content (AvgIpc) is 3.00. The van der Waals surface area contributed by atoms with Crippen LogP contribution in [0.15, 0.2) is 46.9 Å². The van der Waals surface area contributed by atoms with Crippen LogP contribution in [0, 0.1) is 17.0 Å². The molecular formula is C18H16N2O4. The molecule has 0 spiro atoms. The molecule has 1 N–H and O–H groups in total. The Morgan fingerprint density at radius 3 is 2.67 bits per heavy atom. The zero-order chi connectivity index (χ0) is 17.3. The van der Waals surface area contributed by atoms with Gasteiger partial charge in [-0.05, 0) is 36.6 Å². The van der Waals surface area contributed by atoms with Crippen LogP contribution in [-0.2, 0) is 6.42 Å². The summed E-state index contributed by atoms with van der Waals surface area (Å²) in [6.07, 6.45) is 0.568. The minimum Gasteiger partial charge on any atom is -0.451 e. The molecule has 1 amide bonds. The molecular weight excluding hydrogens is 308 g/mol. The number of nitrogens with one attached hydrogen (secondary N) is 1. The van der Waals surface area contributed by atoms with Crippen LogP contribution in [0.5, 0.6) is 0 Å². The lowest BCUT2D eigenvalue weighted by Gasteiger charge is -2.12. The SMILES string of the molecule is CCc1cc([N+](=O)[O-])cc(C)c1NC(=O)c1cc2ccccc2o1. The Morgan fingerprint density at radius 2 is 2.00 bits per heavy atom. The smallest absolute Gasteiger partial charge is 0.291 e. The second-order valence-corrected chi connectivity index (χ2v) is 5.51. The van der Waals surface area contributed by atoms with Gasteiger partial charge in [0.15, 0.2) is 5.76 Å². The largest absolute Gasteiger partial charge is 0.451 e. The van der Waals surface area contributed by atoms with E-state index in [0.29, 0.717) is 28.8 Å². The molecule has 2 aromatic carbocycles. The molecule has 0 bridgehead atoms. The lowest BCUT2D eigenvalue weighted by atomic mass is 10.0. The molecule has 0 fully saturated rings. The molecule has 122 valence electrons. The van der Waals surface area contributed by atoms with E-state index < -0.39 is 4.92 Å². The molecule has 0 aliphatic carbocycles. The molecule has 6 nitrogen and oxygen atoms in total. The number of anilines is 1. The van der Waals surface area contributed by atoms with Crippen molar-refractivity contribution < 1.29 is 14.1 Å². The third-order valence-corrected chi connectivity index (χ3v) is 3.88. The lowest BCUT2D eigenvalue weighted by Crippen LogP contribution is -2.13. The molecule has 0 saturated heterocycles. The van der Waals surface area contributed by atoms with Crippen molar-refractivity contribution in [2.24, 2.45) is 0 Å². The van der Waals surface area contributed by atoms with Crippen molar-refractivity contribution in [3.63, 3.8) is 0 Å². The fourth-order valence-electron chi connectivity index (χ4n) is 2.67. The first-order valence-electron chi connectivity index (χ1n) is 7.57. The van der Waals surface area contributed by atoms with Gasteiger partial charge in [-0.1, -0.05) is 25.1 Å². The van der Waals surface area contributed by atoms with Gasteiger partial charge in [-0.25, -0.2) is 0 Å². The summed E-state index contributed by atoms with van der Waals surface area (Å²) < 4.78 is 5.56. The Bertz CT molecular complexity index is 910. The van der Waals surface area contributed by atoms with Gasteiger partial charge in [0.25, 0.3) is 11.6 Å². The Hall–Kier alpha value is -3.15. The number of aryl methyl sites for hydroxylation is 2. The maximum atomic E-state index is 12.5. The third-order valence-electron chi connectivity index (χ3n) is 3.88. The molecule has 1 aromatic heterocycles. The number of nitrogens with zero attached hydrogens (tertiary/aromatic N) is 1. The van der Waals surface area contributed by atoms with Crippen molar-refractivity contribution in [1.29, 1.82) is 0 Å². The number of carbonyl (C=O) groups excluding carboxylic acids is 1. The number of nitro groups is 1. The topological polar surface area (TPSA) is 85.4 Å². The highest BCUT2D eigenvalue weighted by molar-refractivity contribution is 6.05. The maximum Gasteiger partial charge on any atom is 0.291 e. The highest BCUT2D eigenvalue weighted by Gasteiger charge is 2.18. The van der Waals surface area contributed by atoms with E-state index in [1.807, 2.05) is 25.1 Å². The molecule has 6 heteroatoms. The fourth-order valence-corrected chi connectivity index (χ4v) is 2.67. The Kier molecular flexibility index (Phi) is 4.04. The van der Waals surface area contributed by atoms with Crippen LogP contribution in [0.4, 0.5) is 11.4 Å². The zero-order valence-corrected chi connectivity index (χ0v) is 13.3. The van der Waals surface area contributed by atoms with Crippen molar-refractivity contribution in [2.45, 2.75) is 20.3 Å². The van der Waals surface area contributed by atoms with E-state index in [4.69, 9.17) is 4.42 Å². The summed E-state index contributed by atoms with van der Waals surface area (Å²) in [6, 6.07) is 12.0. The molecule has 0 aliphatic heterocycles. The first-order chi connectivity index (χ1) is 11.5. The van der Waals surface area contributed by atoms with Gasteiger partial charge in [0.05, 0.1) is 4.92 Å². The van der Waals surface area contributed by atoms with Crippen LogP contribution >= 0.6 is 0 Å². The molecule has 1 heterocycles. The van der Waals surface area contributed by atoms with Gasteiger partial charge in [-0.2, -0.15) is 0 Å². The molecule has 0 radical (unpaired) electrons. The standard InChI is InChI=1S/C18H16N2O4/c1-3-12-9-14(20(22)23)8-11(2)17(12)19-18(21)16-10-13-6-4-5-7-15(13)24-16/h4-10H,3H2,1-2H3,(H,19,21). The molecule has 0 saturated carbocycles. The minimum atomic E-state index is -0.434. The number of nitro benzene ring substituents is 1. The number of furan rings is 1. The molecule has 0 unspecified atom stereocenters. The van der Waals surface area contributed by atoms with Crippen molar-refractivity contribution in [2.75, 3.05) is 5.32 Å². The first-order valence-corrected chi connectivity index (χ1v) is 7.57. The van der Waals surface area contributed by atoms with Crippen LogP contribution < -0.4 is 5.32 Å². The summed E-state index contributed by atoms with van der Waals surface area (Å²) >= 11 is 0. The van der Waals surface area contributed by atoms with Gasteiger partial charge in [0.1, 0.15) is 5.58 Å². The van der Waals surface area contributed by atoms with Gasteiger partial charge in [-0.15, -0.1) is 0 Å². The second kappa shape index (κ2) is 6.16. The van der Waals surface area contributed by atoms with Gasteiger partial charge in [0.2, 0.25) is 0 Å². The minimum absolute atomic E-state index is 0.0195. The molecule has 0 aliphatic rings. The predicted molar refractivity (Wildman–Crippen MR) is 91.4 cm³/mol. The maximum absolute atomic E-state index is 12.5. The highest BCUT2D eigenvalue weighted by Crippen LogP contribution is 2.28. The Morgan fingerprint density at radius 1 is 1.25 bits per heavy atom. The number of amides is 1. The van der Waals surface area contributed by atoms with Crippen molar-refractivity contribution >= 4 is 28.3 Å². The monoisotopic (exact) mass is 324 g/mol. The number of rotatable bonds is 4. The number of hydrogen-bond acceptors (Lipinski definition) is 4. The molecule has 0 atom stereocenters. The summed E-state index contributed by atoms with van der Waals surface area (Å²) in [6.45, 7) is 3.62. The summed E-state index contributed by atoms with van der Waals surface area (Å²) in [5, 5.41) is 14.6. The van der Waals surface area contributed by atoms with Crippen molar-refractivity contribution in [1.82, 2.24) is 0 Å². The summed E-state index contributed by atoms with van der Waals surface area (Å²) in [5.41, 5.74) is 2.61. The van der Waals surface area contributed by atoms with E-state index in [1.165, 1.54) is 12.1 Å². The zero-order valence-electron chi connectivity index (χ0n) is 13.3. The van der Waals surface area contributed by atoms with Crippen molar-refractivity contribution in [3.8, 4) is 0 Å². The Labute approximate surface area is 138 Å².